The minimum Gasteiger partial charge on any atom is -0.374 e. The largest absolute Gasteiger partial charge is 0.374 e. The van der Waals surface area contributed by atoms with Gasteiger partial charge in [0, 0.05) is 24.6 Å². The number of thiazole rings is 1. The highest BCUT2D eigenvalue weighted by Crippen LogP contribution is 2.30. The fourth-order valence-corrected chi connectivity index (χ4v) is 3.28. The lowest BCUT2D eigenvalue weighted by Crippen LogP contribution is -2.22. The third kappa shape index (κ3) is 5.51. The van der Waals surface area contributed by atoms with E-state index in [2.05, 4.69) is 39.9 Å². The molecule has 0 amide bonds. The molecule has 3 nitrogen and oxygen atoms in total. The molecular weight excluding hydrogens is 268 g/mol. The predicted molar refractivity (Wildman–Crippen MR) is 87.3 cm³/mol. The molecule has 0 aliphatic rings. The fourth-order valence-electron chi connectivity index (χ4n) is 2.13. The molecule has 1 N–H and O–H groups in total. The molecule has 0 aromatic carbocycles. The van der Waals surface area contributed by atoms with Crippen molar-refractivity contribution in [3.8, 4) is 0 Å². The van der Waals surface area contributed by atoms with Gasteiger partial charge in [-0.1, -0.05) is 41.0 Å². The highest BCUT2D eigenvalue weighted by atomic mass is 32.1. The highest BCUT2D eigenvalue weighted by molar-refractivity contribution is 7.11. The van der Waals surface area contributed by atoms with Crippen molar-refractivity contribution in [3.05, 3.63) is 15.6 Å². The third-order valence-electron chi connectivity index (χ3n) is 3.18. The van der Waals surface area contributed by atoms with E-state index in [-0.39, 0.29) is 6.10 Å². The summed E-state index contributed by atoms with van der Waals surface area (Å²) in [6.07, 6.45) is 3.37. The van der Waals surface area contributed by atoms with Gasteiger partial charge in [0.15, 0.2) is 0 Å². The number of rotatable bonds is 9. The summed E-state index contributed by atoms with van der Waals surface area (Å²) in [5, 5.41) is 4.65. The molecule has 0 radical (unpaired) electrons. The Morgan fingerprint density at radius 1 is 1.25 bits per heavy atom. The van der Waals surface area contributed by atoms with Gasteiger partial charge in [-0.15, -0.1) is 11.3 Å². The summed E-state index contributed by atoms with van der Waals surface area (Å²) >= 11 is 1.82. The molecule has 0 aliphatic carbocycles. The Kier molecular flexibility index (Phi) is 7.70. The SMILES string of the molecule is CCCC(OC)c1nc(CC(C)C)c(CNC(C)C)s1. The summed E-state index contributed by atoms with van der Waals surface area (Å²) in [5.74, 6) is 0.634. The van der Waals surface area contributed by atoms with Gasteiger partial charge in [0.25, 0.3) is 0 Å². The number of ether oxygens (including phenoxy) is 1. The number of aromatic nitrogens is 1. The van der Waals surface area contributed by atoms with Crippen LogP contribution < -0.4 is 5.32 Å². The second-order valence-electron chi connectivity index (χ2n) is 6.07. The Balaban J connectivity index is 2.91. The van der Waals surface area contributed by atoms with Crippen LogP contribution in [-0.4, -0.2) is 18.1 Å². The van der Waals surface area contributed by atoms with Crippen molar-refractivity contribution < 1.29 is 4.74 Å². The van der Waals surface area contributed by atoms with Crippen LogP contribution in [0.25, 0.3) is 0 Å². The van der Waals surface area contributed by atoms with Crippen LogP contribution >= 0.6 is 11.3 Å². The van der Waals surface area contributed by atoms with Crippen LogP contribution in [-0.2, 0) is 17.7 Å². The van der Waals surface area contributed by atoms with E-state index in [0.717, 1.165) is 30.8 Å². The zero-order valence-corrected chi connectivity index (χ0v) is 14.6. The molecule has 1 atom stereocenters. The predicted octanol–water partition coefficient (Wildman–Crippen LogP) is 4.33. The molecule has 1 aromatic rings. The number of hydrogen-bond donors (Lipinski definition) is 1. The summed E-state index contributed by atoms with van der Waals surface area (Å²) in [6.45, 7) is 12.0. The molecule has 116 valence electrons. The Hall–Kier alpha value is -0.450. The van der Waals surface area contributed by atoms with E-state index < -0.39 is 0 Å². The van der Waals surface area contributed by atoms with Crippen LogP contribution in [0.4, 0.5) is 0 Å². The van der Waals surface area contributed by atoms with E-state index in [1.165, 1.54) is 10.6 Å². The van der Waals surface area contributed by atoms with E-state index in [1.54, 1.807) is 7.11 Å². The maximum Gasteiger partial charge on any atom is 0.122 e. The van der Waals surface area contributed by atoms with Crippen molar-refractivity contribution in [3.63, 3.8) is 0 Å². The standard InChI is InChI=1S/C16H30N2OS/c1-7-8-14(19-6)16-18-13(9-11(2)3)15(20-16)10-17-12(4)5/h11-12,14,17H,7-10H2,1-6H3. The Bertz CT molecular complexity index is 388. The zero-order valence-electron chi connectivity index (χ0n) is 13.8. The molecule has 1 aromatic heterocycles. The molecule has 1 rings (SSSR count). The molecule has 20 heavy (non-hydrogen) atoms. The topological polar surface area (TPSA) is 34.1 Å². The lowest BCUT2D eigenvalue weighted by molar-refractivity contribution is 0.0946. The van der Waals surface area contributed by atoms with E-state index >= 15 is 0 Å². The average molecular weight is 298 g/mol. The van der Waals surface area contributed by atoms with Crippen LogP contribution in [0.1, 0.15) is 69.1 Å². The van der Waals surface area contributed by atoms with Crippen LogP contribution in [0.2, 0.25) is 0 Å². The molecule has 1 heterocycles. The van der Waals surface area contributed by atoms with E-state index in [9.17, 15) is 0 Å². The molecular formula is C16H30N2OS. The summed E-state index contributed by atoms with van der Waals surface area (Å²) in [6, 6.07) is 0.501. The van der Waals surface area contributed by atoms with Crippen LogP contribution in [0, 0.1) is 5.92 Å². The van der Waals surface area contributed by atoms with Gasteiger partial charge in [0.05, 0.1) is 5.69 Å². The first-order chi connectivity index (χ1) is 9.47. The summed E-state index contributed by atoms with van der Waals surface area (Å²) in [5.41, 5.74) is 1.26. The van der Waals surface area contributed by atoms with Crippen LogP contribution in [0.15, 0.2) is 0 Å². The Morgan fingerprint density at radius 3 is 2.45 bits per heavy atom. The highest BCUT2D eigenvalue weighted by Gasteiger charge is 2.19. The van der Waals surface area contributed by atoms with Crippen LogP contribution in [0.5, 0.6) is 0 Å². The van der Waals surface area contributed by atoms with Gasteiger partial charge in [-0.25, -0.2) is 4.98 Å². The van der Waals surface area contributed by atoms with E-state index in [0.29, 0.717) is 12.0 Å². The Morgan fingerprint density at radius 2 is 1.95 bits per heavy atom. The summed E-state index contributed by atoms with van der Waals surface area (Å²) in [7, 11) is 1.79. The lowest BCUT2D eigenvalue weighted by Gasteiger charge is -2.10. The number of nitrogens with one attached hydrogen (secondary N) is 1. The van der Waals surface area contributed by atoms with Crippen molar-refractivity contribution in [2.24, 2.45) is 5.92 Å². The first kappa shape index (κ1) is 17.6. The summed E-state index contributed by atoms with van der Waals surface area (Å²) in [4.78, 5) is 6.25. The Labute approximate surface area is 128 Å². The minimum absolute atomic E-state index is 0.156. The zero-order chi connectivity index (χ0) is 15.1. The first-order valence-electron chi connectivity index (χ1n) is 7.72. The molecule has 0 saturated carbocycles. The second kappa shape index (κ2) is 8.75. The molecule has 0 saturated heterocycles. The van der Waals surface area contributed by atoms with Gasteiger partial charge >= 0.3 is 0 Å². The van der Waals surface area contributed by atoms with Gasteiger partial charge < -0.3 is 10.1 Å². The number of methoxy groups -OCH3 is 1. The molecule has 0 aliphatic heterocycles. The van der Waals surface area contributed by atoms with Gasteiger partial charge in [-0.2, -0.15) is 0 Å². The lowest BCUT2D eigenvalue weighted by atomic mass is 10.1. The van der Waals surface area contributed by atoms with Crippen molar-refractivity contribution in [1.82, 2.24) is 10.3 Å². The molecule has 0 fully saturated rings. The monoisotopic (exact) mass is 298 g/mol. The quantitative estimate of drug-likeness (QED) is 0.737. The van der Waals surface area contributed by atoms with Gasteiger partial charge in [0.2, 0.25) is 0 Å². The molecule has 4 heteroatoms. The normalized spacial score (nSPS) is 13.4. The van der Waals surface area contributed by atoms with Crippen molar-refractivity contribution in [1.29, 1.82) is 0 Å². The molecule has 1 unspecified atom stereocenters. The fraction of sp³-hybridized carbons (Fsp3) is 0.812. The van der Waals surface area contributed by atoms with Gasteiger partial charge in [-0.05, 0) is 18.8 Å². The smallest absolute Gasteiger partial charge is 0.122 e. The number of hydrogen-bond acceptors (Lipinski definition) is 4. The number of nitrogens with zero attached hydrogens (tertiary/aromatic N) is 1. The first-order valence-corrected chi connectivity index (χ1v) is 8.54. The van der Waals surface area contributed by atoms with Gasteiger partial charge in [-0.3, -0.25) is 0 Å². The van der Waals surface area contributed by atoms with E-state index in [1.807, 2.05) is 11.3 Å². The van der Waals surface area contributed by atoms with Crippen LogP contribution in [0.3, 0.4) is 0 Å². The average Bonchev–Trinajstić information content (AvgIpc) is 2.75. The maximum absolute atomic E-state index is 5.60. The second-order valence-corrected chi connectivity index (χ2v) is 7.18. The van der Waals surface area contributed by atoms with Crippen molar-refractivity contribution in [2.75, 3.05) is 7.11 Å². The van der Waals surface area contributed by atoms with Gasteiger partial charge in [0.1, 0.15) is 11.1 Å². The molecule has 0 spiro atoms. The van der Waals surface area contributed by atoms with Crippen molar-refractivity contribution >= 4 is 11.3 Å². The van der Waals surface area contributed by atoms with E-state index in [4.69, 9.17) is 9.72 Å². The molecule has 0 bridgehead atoms. The minimum atomic E-state index is 0.156. The third-order valence-corrected chi connectivity index (χ3v) is 4.37. The maximum atomic E-state index is 5.60. The van der Waals surface area contributed by atoms with Crippen molar-refractivity contribution in [2.45, 2.75) is 72.6 Å². The summed E-state index contributed by atoms with van der Waals surface area (Å²) < 4.78 is 5.60.